The Kier molecular flexibility index (Phi) is 8.37. The molecule has 0 saturated carbocycles. The molecule has 28 heavy (non-hydrogen) atoms. The highest BCUT2D eigenvalue weighted by molar-refractivity contribution is 6.01. The van der Waals surface area contributed by atoms with E-state index >= 15 is 0 Å². The Hall–Kier alpha value is -2.49. The van der Waals surface area contributed by atoms with E-state index in [1.807, 2.05) is 0 Å². The minimum absolute atomic E-state index is 0.0216. The Morgan fingerprint density at radius 3 is 2.36 bits per heavy atom. The third-order valence-electron chi connectivity index (χ3n) is 4.84. The average Bonchev–Trinajstić information content (AvgIpc) is 3.22. The minimum atomic E-state index is -0.770. The molecule has 156 valence electrons. The van der Waals surface area contributed by atoms with Crippen molar-refractivity contribution in [2.24, 2.45) is 0 Å². The molecule has 4 amide bonds. The largest absolute Gasteiger partial charge is 0.355 e. The molecule has 0 spiro atoms. The van der Waals surface area contributed by atoms with Gasteiger partial charge in [-0.05, 0) is 25.8 Å². The maximum absolute atomic E-state index is 12.0. The van der Waals surface area contributed by atoms with Gasteiger partial charge in [0.2, 0.25) is 11.8 Å². The molecule has 2 N–H and O–H groups in total. The first kappa shape index (κ1) is 21.8. The van der Waals surface area contributed by atoms with Crippen LogP contribution < -0.4 is 10.6 Å². The summed E-state index contributed by atoms with van der Waals surface area (Å²) in [7, 11) is 0. The fourth-order valence-electron chi connectivity index (χ4n) is 3.32. The van der Waals surface area contributed by atoms with E-state index in [0.29, 0.717) is 17.6 Å². The first-order valence-electron chi connectivity index (χ1n) is 9.74. The first-order valence-corrected chi connectivity index (χ1v) is 9.74. The lowest BCUT2D eigenvalue weighted by atomic mass is 10.3. The van der Waals surface area contributed by atoms with Gasteiger partial charge in [0.05, 0.1) is 13.0 Å². The molecule has 0 aromatic carbocycles. The van der Waals surface area contributed by atoms with Crippen molar-refractivity contribution in [3.05, 3.63) is 0 Å². The molecule has 2 rings (SSSR count). The average molecular weight is 404 g/mol. The summed E-state index contributed by atoms with van der Waals surface area (Å²) in [4.78, 5) is 64.9. The second kappa shape index (κ2) is 10.7. The topological polar surface area (TPSA) is 125 Å². The number of nitrogens with zero attached hydrogens (tertiary/aromatic N) is 2. The predicted molar refractivity (Wildman–Crippen MR) is 97.3 cm³/mol. The highest BCUT2D eigenvalue weighted by Gasteiger charge is 2.32. The zero-order chi connectivity index (χ0) is 20.5. The Morgan fingerprint density at radius 2 is 1.68 bits per heavy atom. The van der Waals surface area contributed by atoms with Crippen molar-refractivity contribution in [1.29, 1.82) is 0 Å². The van der Waals surface area contributed by atoms with Gasteiger partial charge >= 0.3 is 5.97 Å². The number of amides is 4. The van der Waals surface area contributed by atoms with Crippen LogP contribution in [0.3, 0.4) is 0 Å². The van der Waals surface area contributed by atoms with E-state index in [2.05, 4.69) is 22.5 Å². The number of hydrogen-bond acceptors (Lipinski definition) is 7. The maximum atomic E-state index is 12.0. The van der Waals surface area contributed by atoms with Gasteiger partial charge in [-0.15, -0.1) is 5.06 Å². The molecule has 2 heterocycles. The molecular formula is C18H28N4O6. The molecule has 2 aliphatic rings. The normalized spacial score (nSPS) is 19.8. The van der Waals surface area contributed by atoms with Gasteiger partial charge in [-0.25, -0.2) is 4.79 Å². The van der Waals surface area contributed by atoms with Crippen molar-refractivity contribution >= 4 is 29.6 Å². The van der Waals surface area contributed by atoms with Crippen LogP contribution in [0.4, 0.5) is 0 Å². The van der Waals surface area contributed by atoms with Gasteiger partial charge in [0, 0.05) is 38.4 Å². The minimum Gasteiger partial charge on any atom is -0.355 e. The van der Waals surface area contributed by atoms with Crippen molar-refractivity contribution < 1.29 is 28.8 Å². The standard InChI is InChI=1S/C18H28N4O6/c1-2-13-4-3-11-21(13)12-15(24)20-9-7-14(23)19-10-8-18(27)28-22-16(25)5-6-17(22)26/h13H,2-12H2,1H3,(H,19,23)(H,20,24)/i1+1,2+1,3+1,4+1,11+1,12+1,13+1,21+1. The Bertz CT molecular complexity index is 607. The Balaban J connectivity index is 1.54. The summed E-state index contributed by atoms with van der Waals surface area (Å²) < 4.78 is 0. The molecular weight excluding hydrogens is 376 g/mol. The molecule has 0 radical (unpaired) electrons. The van der Waals surface area contributed by atoms with Gasteiger partial charge in [-0.2, -0.15) is 0 Å². The van der Waals surface area contributed by atoms with Crippen molar-refractivity contribution in [2.75, 3.05) is 26.2 Å². The number of imide groups is 1. The number of likely N-dealkylation sites (tertiary alicyclic amines) is 1. The summed E-state index contributed by atoms with van der Waals surface area (Å²) in [5.74, 6) is -2.27. The number of nitrogens with one attached hydrogen (secondary N) is 2. The number of carbonyl (C=O) groups excluding carboxylic acids is 5. The van der Waals surface area contributed by atoms with Gasteiger partial charge in [-0.1, -0.05) is 6.92 Å². The molecule has 1 unspecified atom stereocenters. The molecule has 0 aromatic rings. The van der Waals surface area contributed by atoms with Crippen LogP contribution in [0.15, 0.2) is 0 Å². The third-order valence-corrected chi connectivity index (χ3v) is 4.84. The second-order valence-corrected chi connectivity index (χ2v) is 6.92. The van der Waals surface area contributed by atoms with Crippen molar-refractivity contribution in [1.82, 2.24) is 20.6 Å². The van der Waals surface area contributed by atoms with E-state index < -0.39 is 17.8 Å². The molecule has 0 bridgehead atoms. The van der Waals surface area contributed by atoms with E-state index in [0.717, 1.165) is 25.8 Å². The van der Waals surface area contributed by atoms with Crippen LogP contribution in [0.1, 0.15) is 51.9 Å². The monoisotopic (exact) mass is 404 g/mol. The summed E-state index contributed by atoms with van der Waals surface area (Å²) in [6, 6.07) is 0.458. The van der Waals surface area contributed by atoms with E-state index in [-0.39, 0.29) is 50.6 Å². The number of carbonyl (C=O) groups is 5. The first-order chi connectivity index (χ1) is 13.4. The molecule has 0 aromatic heterocycles. The SMILES string of the molecule is [13CH3][13CH2][13CH]1[13CH2][13CH2][13CH2][15N]1[13CH2]C(=O)NCCC(=O)NCCC(=O)ON1C(=O)CCC1=O. The zero-order valence-corrected chi connectivity index (χ0v) is 16.2. The van der Waals surface area contributed by atoms with E-state index in [9.17, 15) is 24.0 Å². The van der Waals surface area contributed by atoms with Gasteiger partial charge in [0.15, 0.2) is 0 Å². The summed E-state index contributed by atoms with van der Waals surface area (Å²) in [5, 5.41) is 5.74. The molecule has 10 heteroatoms. The van der Waals surface area contributed by atoms with E-state index in [4.69, 9.17) is 4.84 Å². The van der Waals surface area contributed by atoms with Crippen LogP contribution in [0.5, 0.6) is 0 Å². The second-order valence-electron chi connectivity index (χ2n) is 6.92. The molecule has 2 saturated heterocycles. The lowest BCUT2D eigenvalue weighted by molar-refractivity contribution is -0.197. The third kappa shape index (κ3) is 6.59. The van der Waals surface area contributed by atoms with Gasteiger partial charge < -0.3 is 15.5 Å². The van der Waals surface area contributed by atoms with Gasteiger partial charge in [0.25, 0.3) is 11.8 Å². The number of rotatable bonds is 10. The fraction of sp³-hybridized carbons (Fsp3) is 0.722. The smallest absolute Gasteiger partial charge is 0.334 e. The van der Waals surface area contributed by atoms with Crippen LogP contribution in [-0.2, 0) is 28.8 Å². The number of hydrogen-bond donors (Lipinski definition) is 2. The lowest BCUT2D eigenvalue weighted by Crippen LogP contribution is -2.40. The zero-order valence-electron chi connectivity index (χ0n) is 16.2. The van der Waals surface area contributed by atoms with Crippen LogP contribution >= 0.6 is 0 Å². The highest BCUT2D eigenvalue weighted by atomic mass is 16.7. The summed E-state index contributed by atoms with van der Waals surface area (Å²) in [6.45, 7) is 3.63. The van der Waals surface area contributed by atoms with Crippen LogP contribution in [-0.4, -0.2) is 71.8 Å². The lowest BCUT2D eigenvalue weighted by Gasteiger charge is -2.22. The molecule has 0 aliphatic carbocycles. The summed E-state index contributed by atoms with van der Waals surface area (Å²) in [5.41, 5.74) is 0. The Morgan fingerprint density at radius 1 is 1.04 bits per heavy atom. The van der Waals surface area contributed by atoms with Crippen LogP contribution in [0, 0.1) is 0 Å². The maximum Gasteiger partial charge on any atom is 0.334 e. The van der Waals surface area contributed by atoms with Gasteiger partial charge in [0.1, 0.15) is 0 Å². The highest BCUT2D eigenvalue weighted by Crippen LogP contribution is 2.18. The van der Waals surface area contributed by atoms with Crippen molar-refractivity contribution in [3.63, 3.8) is 0 Å². The van der Waals surface area contributed by atoms with Crippen LogP contribution in [0.2, 0.25) is 0 Å². The van der Waals surface area contributed by atoms with E-state index in [1.165, 1.54) is 0 Å². The molecule has 2 aliphatic heterocycles. The molecule has 2 fully saturated rings. The predicted octanol–water partition coefficient (Wildman–Crippen LogP) is -0.519. The number of hydroxylamine groups is 2. The molecule has 10 nitrogen and oxygen atoms in total. The quantitative estimate of drug-likeness (QED) is 0.285. The van der Waals surface area contributed by atoms with Gasteiger partial charge in [-0.3, -0.25) is 24.1 Å². The fourth-order valence-corrected chi connectivity index (χ4v) is 3.32. The van der Waals surface area contributed by atoms with Crippen LogP contribution in [0.25, 0.3) is 0 Å². The molecule has 1 atom stereocenters. The Labute approximate surface area is 163 Å². The van der Waals surface area contributed by atoms with Crippen molar-refractivity contribution in [2.45, 2.75) is 57.9 Å². The summed E-state index contributed by atoms with van der Waals surface area (Å²) in [6.07, 6.45) is 3.25. The van der Waals surface area contributed by atoms with Crippen molar-refractivity contribution in [3.8, 4) is 0 Å². The summed E-state index contributed by atoms with van der Waals surface area (Å²) >= 11 is 0. The van der Waals surface area contributed by atoms with E-state index in [1.54, 1.807) is 0 Å².